The third-order valence-electron chi connectivity index (χ3n) is 5.63. The molecule has 1 heterocycles. The number of para-hydroxylation sites is 1. The van der Waals surface area contributed by atoms with Gasteiger partial charge in [0, 0.05) is 44.9 Å². The smallest absolute Gasteiger partial charge is 0.0860 e. The molecule has 2 atom stereocenters. The molecule has 0 spiro atoms. The van der Waals surface area contributed by atoms with Gasteiger partial charge in [0.05, 0.1) is 6.10 Å². The first-order chi connectivity index (χ1) is 14.1. The van der Waals surface area contributed by atoms with E-state index < -0.39 is 6.10 Å². The van der Waals surface area contributed by atoms with Gasteiger partial charge in [0.1, 0.15) is 0 Å². The van der Waals surface area contributed by atoms with E-state index in [2.05, 4.69) is 91.7 Å². The molecule has 29 heavy (non-hydrogen) atoms. The maximum absolute atomic E-state index is 11.1. The number of nitrogens with zero attached hydrogens (tertiary/aromatic N) is 1. The molecule has 0 fully saturated rings. The Kier molecular flexibility index (Phi) is 5.79. The maximum Gasteiger partial charge on any atom is 0.0860 e. The Morgan fingerprint density at radius 1 is 1.00 bits per heavy atom. The van der Waals surface area contributed by atoms with Crippen LogP contribution >= 0.6 is 11.8 Å². The zero-order valence-electron chi connectivity index (χ0n) is 17.0. The third-order valence-corrected chi connectivity index (χ3v) is 6.78. The normalized spacial score (nSPS) is 13.6. The van der Waals surface area contributed by atoms with Gasteiger partial charge >= 0.3 is 0 Å². The zero-order valence-corrected chi connectivity index (χ0v) is 17.8. The predicted molar refractivity (Wildman–Crippen MR) is 126 cm³/mol. The molecule has 0 saturated carbocycles. The molecular weight excluding hydrogens is 374 g/mol. The van der Waals surface area contributed by atoms with Crippen molar-refractivity contribution >= 4 is 33.6 Å². The largest absolute Gasteiger partial charge is 0.388 e. The van der Waals surface area contributed by atoms with Crippen molar-refractivity contribution in [2.45, 2.75) is 31.4 Å². The Bertz CT molecular complexity index is 1140. The monoisotopic (exact) mass is 401 g/mol. The average Bonchev–Trinajstić information content (AvgIpc) is 3.08. The van der Waals surface area contributed by atoms with Crippen molar-refractivity contribution in [2.24, 2.45) is 5.92 Å². The zero-order chi connectivity index (χ0) is 20.4. The summed E-state index contributed by atoms with van der Waals surface area (Å²) in [7, 11) is 0. The van der Waals surface area contributed by atoms with Crippen molar-refractivity contribution < 1.29 is 5.11 Å². The Morgan fingerprint density at radius 3 is 2.45 bits per heavy atom. The minimum Gasteiger partial charge on any atom is -0.388 e. The molecule has 3 heteroatoms. The van der Waals surface area contributed by atoms with E-state index in [0.717, 1.165) is 17.9 Å². The topological polar surface area (TPSA) is 25.2 Å². The maximum atomic E-state index is 11.1. The summed E-state index contributed by atoms with van der Waals surface area (Å²) in [5, 5.41) is 13.5. The van der Waals surface area contributed by atoms with Gasteiger partial charge in [0.15, 0.2) is 0 Å². The number of fused-ring (bicyclic) bond motifs is 3. The van der Waals surface area contributed by atoms with Crippen LogP contribution in [0.2, 0.25) is 0 Å². The van der Waals surface area contributed by atoms with Crippen molar-refractivity contribution in [3.63, 3.8) is 0 Å². The molecule has 0 unspecified atom stereocenters. The van der Waals surface area contributed by atoms with E-state index in [1.54, 1.807) is 11.8 Å². The number of aryl methyl sites for hydroxylation is 2. The molecule has 4 aromatic rings. The molecule has 0 aliphatic carbocycles. The van der Waals surface area contributed by atoms with Crippen LogP contribution < -0.4 is 0 Å². The van der Waals surface area contributed by atoms with E-state index >= 15 is 0 Å². The summed E-state index contributed by atoms with van der Waals surface area (Å²) < 4.78 is 2.33. The Morgan fingerprint density at radius 2 is 1.72 bits per heavy atom. The van der Waals surface area contributed by atoms with Crippen LogP contribution in [0, 0.1) is 12.8 Å². The van der Waals surface area contributed by atoms with Crippen LogP contribution in [-0.2, 0) is 6.54 Å². The number of rotatable bonds is 7. The summed E-state index contributed by atoms with van der Waals surface area (Å²) in [5.41, 5.74) is 4.67. The molecule has 1 aromatic heterocycles. The summed E-state index contributed by atoms with van der Waals surface area (Å²) in [6.07, 6.45) is 1.31. The van der Waals surface area contributed by atoms with Crippen molar-refractivity contribution in [2.75, 3.05) is 5.75 Å². The van der Waals surface area contributed by atoms with Gasteiger partial charge in [-0.15, -0.1) is 18.3 Å². The van der Waals surface area contributed by atoms with Crippen molar-refractivity contribution in [1.82, 2.24) is 4.57 Å². The first kappa shape index (κ1) is 19.8. The lowest BCUT2D eigenvalue weighted by Crippen LogP contribution is -2.12. The first-order valence-electron chi connectivity index (χ1n) is 10.1. The molecule has 0 aliphatic heterocycles. The number of aliphatic hydroxyl groups is 1. The summed E-state index contributed by atoms with van der Waals surface area (Å²) in [4.78, 5) is 1.22. The number of hydrogen-bond acceptors (Lipinski definition) is 2. The standard InChI is InChI=1S/C26H27NOS/c1-4-19(17-29-21-13-10-18(3)11-14-21)26(28)20-12-15-25-23(16-20)22-8-6-7-9-24(22)27(25)5-2/h4,6-16,19,26,28H,1,5,17H2,2-3H3/t19-,26+/m0/s1. The van der Waals surface area contributed by atoms with E-state index in [4.69, 9.17) is 0 Å². The Labute approximate surface area is 176 Å². The highest BCUT2D eigenvalue weighted by Crippen LogP contribution is 2.34. The molecular formula is C26H27NOS. The second kappa shape index (κ2) is 8.48. The second-order valence-corrected chi connectivity index (χ2v) is 8.60. The molecule has 0 amide bonds. The molecule has 4 rings (SSSR count). The number of aliphatic hydroxyl groups excluding tert-OH is 1. The molecule has 0 aliphatic rings. The van der Waals surface area contributed by atoms with E-state index in [9.17, 15) is 5.11 Å². The van der Waals surface area contributed by atoms with Gasteiger partial charge in [0.25, 0.3) is 0 Å². The van der Waals surface area contributed by atoms with Crippen LogP contribution in [0.5, 0.6) is 0 Å². The highest BCUT2D eigenvalue weighted by atomic mass is 32.2. The van der Waals surface area contributed by atoms with Gasteiger partial charge in [-0.25, -0.2) is 0 Å². The quantitative estimate of drug-likeness (QED) is 0.274. The highest BCUT2D eigenvalue weighted by molar-refractivity contribution is 7.99. The fourth-order valence-electron chi connectivity index (χ4n) is 3.96. The molecule has 2 nitrogen and oxygen atoms in total. The van der Waals surface area contributed by atoms with E-state index in [0.29, 0.717) is 0 Å². The van der Waals surface area contributed by atoms with Crippen molar-refractivity contribution in [3.05, 3.63) is 90.5 Å². The molecule has 0 radical (unpaired) electrons. The summed E-state index contributed by atoms with van der Waals surface area (Å²) in [6, 6.07) is 23.4. The third kappa shape index (κ3) is 3.85. The lowest BCUT2D eigenvalue weighted by Gasteiger charge is -2.20. The van der Waals surface area contributed by atoms with Gasteiger partial charge in [-0.05, 0) is 49.7 Å². The van der Waals surface area contributed by atoms with Crippen LogP contribution in [0.15, 0.2) is 84.3 Å². The van der Waals surface area contributed by atoms with Gasteiger partial charge < -0.3 is 9.67 Å². The Hall–Kier alpha value is -2.49. The van der Waals surface area contributed by atoms with Gasteiger partial charge in [-0.2, -0.15) is 0 Å². The van der Waals surface area contributed by atoms with Gasteiger partial charge in [-0.1, -0.05) is 48.0 Å². The molecule has 148 valence electrons. The first-order valence-corrected chi connectivity index (χ1v) is 11.1. The van der Waals surface area contributed by atoms with E-state index in [1.807, 2.05) is 6.08 Å². The molecule has 3 aromatic carbocycles. The fraction of sp³-hybridized carbons (Fsp3) is 0.231. The Balaban J connectivity index is 1.62. The lowest BCUT2D eigenvalue weighted by atomic mass is 9.96. The molecule has 0 saturated heterocycles. The van der Waals surface area contributed by atoms with Gasteiger partial charge in [-0.3, -0.25) is 0 Å². The summed E-state index contributed by atoms with van der Waals surface area (Å²) in [5.74, 6) is 0.779. The van der Waals surface area contributed by atoms with Crippen LogP contribution in [0.3, 0.4) is 0 Å². The number of hydrogen-bond donors (Lipinski definition) is 1. The summed E-state index contributed by atoms with van der Waals surface area (Å²) >= 11 is 1.76. The molecule has 1 N–H and O–H groups in total. The fourth-order valence-corrected chi connectivity index (χ4v) is 4.99. The lowest BCUT2D eigenvalue weighted by molar-refractivity contribution is 0.142. The minimum absolute atomic E-state index is 0.0155. The number of aromatic nitrogens is 1. The van der Waals surface area contributed by atoms with Crippen molar-refractivity contribution in [1.29, 1.82) is 0 Å². The van der Waals surface area contributed by atoms with E-state index in [-0.39, 0.29) is 5.92 Å². The predicted octanol–water partition coefficient (Wildman–Crippen LogP) is 6.75. The molecule has 0 bridgehead atoms. The van der Waals surface area contributed by atoms with Crippen LogP contribution in [-0.4, -0.2) is 15.4 Å². The number of thioether (sulfide) groups is 1. The summed E-state index contributed by atoms with van der Waals surface area (Å²) in [6.45, 7) is 9.18. The minimum atomic E-state index is -0.571. The van der Waals surface area contributed by atoms with Crippen LogP contribution in [0.1, 0.15) is 24.2 Å². The van der Waals surface area contributed by atoms with Crippen LogP contribution in [0.25, 0.3) is 21.8 Å². The van der Waals surface area contributed by atoms with E-state index in [1.165, 1.54) is 32.3 Å². The van der Waals surface area contributed by atoms with Crippen LogP contribution in [0.4, 0.5) is 0 Å². The highest BCUT2D eigenvalue weighted by Gasteiger charge is 2.20. The second-order valence-electron chi connectivity index (χ2n) is 7.51. The number of benzene rings is 3. The SMILES string of the molecule is C=C[C@@H](CSc1ccc(C)cc1)[C@@H](O)c1ccc2c(c1)c1ccccc1n2CC. The van der Waals surface area contributed by atoms with Gasteiger partial charge in [0.2, 0.25) is 0 Å². The van der Waals surface area contributed by atoms with Crippen molar-refractivity contribution in [3.8, 4) is 0 Å². The average molecular weight is 402 g/mol.